The molecule has 4 nitrogen and oxygen atoms in total. The zero-order valence-corrected chi connectivity index (χ0v) is 16.3. The minimum Gasteiger partial charge on any atom is -0.491 e. The van der Waals surface area contributed by atoms with Gasteiger partial charge in [0.1, 0.15) is 18.2 Å². The molecule has 0 bridgehead atoms. The van der Waals surface area contributed by atoms with Crippen molar-refractivity contribution in [3.63, 3.8) is 0 Å². The number of rotatable bonds is 11. The Kier molecular flexibility index (Phi) is 10.9. The van der Waals surface area contributed by atoms with Crippen molar-refractivity contribution in [1.82, 2.24) is 5.32 Å². The summed E-state index contributed by atoms with van der Waals surface area (Å²) in [4.78, 5) is 12.1. The van der Waals surface area contributed by atoms with Gasteiger partial charge in [-0.15, -0.1) is 0 Å². The fourth-order valence-electron chi connectivity index (χ4n) is 2.90. The van der Waals surface area contributed by atoms with E-state index in [0.29, 0.717) is 32.1 Å². The summed E-state index contributed by atoms with van der Waals surface area (Å²) < 4.78 is 24.1. The molecule has 26 heavy (non-hydrogen) atoms. The van der Waals surface area contributed by atoms with Gasteiger partial charge in [-0.1, -0.05) is 52.7 Å². The smallest absolute Gasteiger partial charge is 0.223 e. The predicted molar refractivity (Wildman–Crippen MR) is 105 cm³/mol. The van der Waals surface area contributed by atoms with Crippen LogP contribution < -0.4 is 5.32 Å². The summed E-state index contributed by atoms with van der Waals surface area (Å²) >= 11 is 0. The molecule has 1 rings (SSSR count). The standard InChI is InChI=1S/C21H34FNO3.H2/c1-16(2)18(4)20(15-17(3)22)26-14-13-25-12-11-23-21(24)19-9-7-5-6-8-10-19;/h15-16,19H,3-14H2,1-2H3,(H,23,24);1H/b20-15+;. The van der Waals surface area contributed by atoms with E-state index in [2.05, 4.69) is 18.5 Å². The van der Waals surface area contributed by atoms with Crippen molar-refractivity contribution < 1.29 is 20.1 Å². The summed E-state index contributed by atoms with van der Waals surface area (Å²) in [7, 11) is 0. The Morgan fingerprint density at radius 1 is 1.19 bits per heavy atom. The first-order valence-corrected chi connectivity index (χ1v) is 9.65. The summed E-state index contributed by atoms with van der Waals surface area (Å²) in [6.45, 7) is 12.7. The molecular formula is C21H36FNO3. The van der Waals surface area contributed by atoms with Gasteiger partial charge in [0.05, 0.1) is 13.2 Å². The van der Waals surface area contributed by atoms with E-state index in [1.807, 2.05) is 13.8 Å². The van der Waals surface area contributed by atoms with E-state index in [-0.39, 0.29) is 19.2 Å². The minimum atomic E-state index is -0.566. The van der Waals surface area contributed by atoms with E-state index in [1.54, 1.807) is 0 Å². The fourth-order valence-corrected chi connectivity index (χ4v) is 2.90. The number of nitrogens with one attached hydrogen (secondary N) is 1. The van der Waals surface area contributed by atoms with Crippen LogP contribution >= 0.6 is 0 Å². The average molecular weight is 370 g/mol. The third kappa shape index (κ3) is 9.18. The Labute approximate surface area is 159 Å². The summed E-state index contributed by atoms with van der Waals surface area (Å²) in [6, 6.07) is 0. The Balaban J connectivity index is 0.00000676. The molecule has 1 amide bonds. The van der Waals surface area contributed by atoms with Crippen molar-refractivity contribution in [1.29, 1.82) is 0 Å². The highest BCUT2D eigenvalue weighted by atomic mass is 19.1. The van der Waals surface area contributed by atoms with Gasteiger partial charge < -0.3 is 14.8 Å². The number of hydrogen-bond donors (Lipinski definition) is 1. The number of allylic oxidation sites excluding steroid dienone is 3. The molecule has 1 aliphatic rings. The molecule has 0 saturated heterocycles. The van der Waals surface area contributed by atoms with Gasteiger partial charge in [0, 0.05) is 20.0 Å². The number of halogens is 1. The number of carbonyl (C=O) groups excluding carboxylic acids is 1. The van der Waals surface area contributed by atoms with Gasteiger partial charge in [-0.05, 0) is 24.3 Å². The lowest BCUT2D eigenvalue weighted by molar-refractivity contribution is -0.125. The van der Waals surface area contributed by atoms with Crippen LogP contribution in [0.5, 0.6) is 0 Å². The van der Waals surface area contributed by atoms with Gasteiger partial charge in [-0.25, -0.2) is 4.39 Å². The SMILES string of the molecule is C=C(F)/C=C(/OCCOCCNC(=O)C1CCCCCC1)C(=C)C(C)C.[HH]. The molecule has 1 N–H and O–H groups in total. The second-order valence-corrected chi connectivity index (χ2v) is 7.08. The zero-order valence-electron chi connectivity index (χ0n) is 16.3. The number of hydrogen-bond acceptors (Lipinski definition) is 3. The van der Waals surface area contributed by atoms with Crippen LogP contribution in [0.25, 0.3) is 0 Å². The van der Waals surface area contributed by atoms with E-state index in [0.717, 1.165) is 31.3 Å². The highest BCUT2D eigenvalue weighted by Gasteiger charge is 2.19. The third-order valence-corrected chi connectivity index (χ3v) is 4.56. The van der Waals surface area contributed by atoms with E-state index in [1.165, 1.54) is 18.9 Å². The van der Waals surface area contributed by atoms with Gasteiger partial charge in [-0.2, -0.15) is 0 Å². The molecule has 0 atom stereocenters. The fraction of sp³-hybridized carbons (Fsp3) is 0.667. The van der Waals surface area contributed by atoms with Gasteiger partial charge >= 0.3 is 0 Å². The van der Waals surface area contributed by atoms with Crippen LogP contribution in [0.4, 0.5) is 4.39 Å². The summed E-state index contributed by atoms with van der Waals surface area (Å²) in [5.41, 5.74) is 0.722. The Morgan fingerprint density at radius 3 is 2.42 bits per heavy atom. The first kappa shape index (κ1) is 22.4. The Bertz CT molecular complexity index is 498. The van der Waals surface area contributed by atoms with Gasteiger partial charge in [0.15, 0.2) is 0 Å². The summed E-state index contributed by atoms with van der Waals surface area (Å²) in [5.74, 6) is 0.290. The average Bonchev–Trinajstić information content (AvgIpc) is 2.88. The molecule has 150 valence electrons. The summed E-state index contributed by atoms with van der Waals surface area (Å²) in [6.07, 6.45) is 8.01. The van der Waals surface area contributed by atoms with Crippen molar-refractivity contribution in [3.05, 3.63) is 36.4 Å². The lowest BCUT2D eigenvalue weighted by Crippen LogP contribution is -2.33. The van der Waals surface area contributed by atoms with Crippen LogP contribution in [-0.4, -0.2) is 32.3 Å². The summed E-state index contributed by atoms with van der Waals surface area (Å²) in [5, 5.41) is 2.95. The Hall–Kier alpha value is -1.62. The first-order chi connectivity index (χ1) is 12.4. The van der Waals surface area contributed by atoms with Crippen molar-refractivity contribution >= 4 is 5.91 Å². The molecule has 0 radical (unpaired) electrons. The quantitative estimate of drug-likeness (QED) is 0.243. The second kappa shape index (κ2) is 12.7. The maximum atomic E-state index is 13.0. The lowest BCUT2D eigenvalue weighted by atomic mass is 10.00. The van der Waals surface area contributed by atoms with Gasteiger partial charge in [0.25, 0.3) is 0 Å². The maximum absolute atomic E-state index is 13.0. The maximum Gasteiger partial charge on any atom is 0.223 e. The van der Waals surface area contributed by atoms with Crippen molar-refractivity contribution in [3.8, 4) is 0 Å². The van der Waals surface area contributed by atoms with Gasteiger partial charge in [-0.3, -0.25) is 4.79 Å². The molecule has 0 spiro atoms. The molecule has 1 fully saturated rings. The topological polar surface area (TPSA) is 47.6 Å². The van der Waals surface area contributed by atoms with Crippen LogP contribution in [0, 0.1) is 11.8 Å². The van der Waals surface area contributed by atoms with E-state index in [4.69, 9.17) is 9.47 Å². The molecule has 0 unspecified atom stereocenters. The van der Waals surface area contributed by atoms with Crippen LogP contribution in [-0.2, 0) is 14.3 Å². The normalized spacial score (nSPS) is 16.2. The molecule has 1 saturated carbocycles. The number of ether oxygens (including phenoxy) is 2. The molecule has 0 heterocycles. The van der Waals surface area contributed by atoms with Crippen LogP contribution in [0.1, 0.15) is 53.8 Å². The first-order valence-electron chi connectivity index (χ1n) is 9.65. The predicted octanol–water partition coefficient (Wildman–Crippen LogP) is 4.93. The second-order valence-electron chi connectivity index (χ2n) is 7.08. The monoisotopic (exact) mass is 369 g/mol. The zero-order chi connectivity index (χ0) is 19.4. The molecule has 0 aromatic carbocycles. The van der Waals surface area contributed by atoms with Crippen molar-refractivity contribution in [2.75, 3.05) is 26.4 Å². The molecule has 0 aromatic heterocycles. The minimum absolute atomic E-state index is 0. The van der Waals surface area contributed by atoms with E-state index in [9.17, 15) is 9.18 Å². The molecule has 5 heteroatoms. The van der Waals surface area contributed by atoms with Crippen molar-refractivity contribution in [2.45, 2.75) is 52.4 Å². The molecule has 0 aromatic rings. The highest BCUT2D eigenvalue weighted by molar-refractivity contribution is 5.78. The third-order valence-electron chi connectivity index (χ3n) is 4.56. The van der Waals surface area contributed by atoms with E-state index >= 15 is 0 Å². The molecule has 1 aliphatic carbocycles. The van der Waals surface area contributed by atoms with Gasteiger partial charge in [0.2, 0.25) is 5.91 Å². The van der Waals surface area contributed by atoms with E-state index < -0.39 is 5.83 Å². The lowest BCUT2D eigenvalue weighted by Gasteiger charge is -2.16. The highest BCUT2D eigenvalue weighted by Crippen LogP contribution is 2.23. The van der Waals surface area contributed by atoms with Crippen LogP contribution in [0.2, 0.25) is 0 Å². The molecule has 0 aliphatic heterocycles. The number of carbonyl (C=O) groups is 1. The number of amides is 1. The van der Waals surface area contributed by atoms with Crippen LogP contribution in [0.15, 0.2) is 36.4 Å². The van der Waals surface area contributed by atoms with Crippen LogP contribution in [0.3, 0.4) is 0 Å². The van der Waals surface area contributed by atoms with Crippen molar-refractivity contribution in [2.24, 2.45) is 11.8 Å². The largest absolute Gasteiger partial charge is 0.491 e. The molecular weight excluding hydrogens is 333 g/mol. The Morgan fingerprint density at radius 2 is 1.85 bits per heavy atom.